The molecule has 2 aliphatic heterocycles. The van der Waals surface area contributed by atoms with Gasteiger partial charge in [0.2, 0.25) is 11.0 Å². The molecule has 176 valence electrons. The molecule has 4 rings (SSSR count). The van der Waals surface area contributed by atoms with Crippen molar-refractivity contribution < 1.29 is 37.0 Å². The molecule has 2 N–H and O–H groups in total. The summed E-state index contributed by atoms with van der Waals surface area (Å²) in [6.07, 6.45) is -3.48. The van der Waals surface area contributed by atoms with Crippen LogP contribution in [0.25, 0.3) is 0 Å². The van der Waals surface area contributed by atoms with Gasteiger partial charge in [-0.2, -0.15) is 13.2 Å². The van der Waals surface area contributed by atoms with Crippen molar-refractivity contribution in [1.29, 1.82) is 0 Å². The third-order valence-electron chi connectivity index (χ3n) is 4.92. The second-order valence-electron chi connectivity index (χ2n) is 7.48. The average Bonchev–Trinajstić information content (AvgIpc) is 3.35. The number of nitrogens with zero attached hydrogens (tertiary/aromatic N) is 4. The zero-order chi connectivity index (χ0) is 23.5. The maximum absolute atomic E-state index is 12.4. The Labute approximate surface area is 185 Å². The molecule has 1 amide bonds. The normalized spacial score (nSPS) is 20.3. The molecule has 1 spiro atoms. The molecule has 10 nitrogen and oxygen atoms in total. The van der Waals surface area contributed by atoms with E-state index in [0.29, 0.717) is 13.2 Å². The molecular weight excluding hydrogens is 455 g/mol. The highest BCUT2D eigenvalue weighted by Crippen LogP contribution is 2.35. The first-order chi connectivity index (χ1) is 15.0. The first kappa shape index (κ1) is 23.9. The van der Waals surface area contributed by atoms with Gasteiger partial charge in [0.1, 0.15) is 22.4 Å². The molecule has 0 radical (unpaired) electrons. The molecule has 0 saturated carbocycles. The highest BCUT2D eigenvalue weighted by molar-refractivity contribution is 7.15. The number of ether oxygens (including phenoxy) is 1. The number of aromatic nitrogens is 2. The van der Waals surface area contributed by atoms with Gasteiger partial charge in [-0.3, -0.25) is 9.69 Å². The predicted molar refractivity (Wildman–Crippen MR) is 106 cm³/mol. The molecule has 32 heavy (non-hydrogen) atoms. The van der Waals surface area contributed by atoms with Gasteiger partial charge in [-0.1, -0.05) is 11.3 Å². The minimum atomic E-state index is -5.08. The Bertz CT molecular complexity index is 930. The fraction of sp³-hybridized carbons (Fsp3) is 0.556. The Morgan fingerprint density at radius 2 is 2.03 bits per heavy atom. The van der Waals surface area contributed by atoms with Gasteiger partial charge in [0.05, 0.1) is 32.5 Å². The number of halogens is 3. The van der Waals surface area contributed by atoms with E-state index in [1.165, 1.54) is 0 Å². The molecule has 2 aromatic heterocycles. The lowest BCUT2D eigenvalue weighted by molar-refractivity contribution is -0.192. The number of nitrogens with one attached hydrogen (secondary N) is 1. The van der Waals surface area contributed by atoms with Gasteiger partial charge in [0.15, 0.2) is 0 Å². The number of aliphatic carboxylic acids is 1. The van der Waals surface area contributed by atoms with Crippen LogP contribution in [-0.2, 0) is 20.9 Å². The van der Waals surface area contributed by atoms with Gasteiger partial charge >= 0.3 is 12.1 Å². The Balaban J connectivity index is 0.000000360. The molecule has 14 heteroatoms. The number of furan rings is 1. The summed E-state index contributed by atoms with van der Waals surface area (Å²) in [6.45, 7) is 5.03. The summed E-state index contributed by atoms with van der Waals surface area (Å²) in [6, 6.07) is 3.37. The van der Waals surface area contributed by atoms with E-state index in [-0.39, 0.29) is 17.6 Å². The standard InChI is InChI=1S/C16H21N5O3S.C2HF3O2/c1-11-18-19-15(25-11)21-9-16(10-21)8-20(2)13(7-24-16)14(22)17-6-12-4-3-5-23-12;3-2(4,5)1(6)7/h3-5,13H,6-10H2,1-2H3,(H,17,22);(H,6,7). The van der Waals surface area contributed by atoms with E-state index in [1.54, 1.807) is 17.6 Å². The highest BCUT2D eigenvalue weighted by atomic mass is 32.1. The summed E-state index contributed by atoms with van der Waals surface area (Å²) < 4.78 is 43.1. The fourth-order valence-electron chi connectivity index (χ4n) is 3.36. The summed E-state index contributed by atoms with van der Waals surface area (Å²) in [5, 5.41) is 20.2. The molecule has 4 heterocycles. The van der Waals surface area contributed by atoms with Crippen LogP contribution in [0.2, 0.25) is 0 Å². The number of morpholine rings is 1. The Morgan fingerprint density at radius 1 is 1.34 bits per heavy atom. The summed E-state index contributed by atoms with van der Waals surface area (Å²) in [5.41, 5.74) is -0.216. The summed E-state index contributed by atoms with van der Waals surface area (Å²) in [5.74, 6) is -2.05. The summed E-state index contributed by atoms with van der Waals surface area (Å²) in [7, 11) is 1.97. The minimum absolute atomic E-state index is 0.0373. The van der Waals surface area contributed by atoms with Crippen molar-refractivity contribution in [3.63, 3.8) is 0 Å². The molecule has 0 aliphatic carbocycles. The van der Waals surface area contributed by atoms with Crippen LogP contribution in [0.15, 0.2) is 22.8 Å². The van der Waals surface area contributed by atoms with E-state index in [2.05, 4.69) is 25.3 Å². The van der Waals surface area contributed by atoms with Crippen LogP contribution in [0.4, 0.5) is 18.3 Å². The van der Waals surface area contributed by atoms with Crippen molar-refractivity contribution in [2.45, 2.75) is 31.3 Å². The van der Waals surface area contributed by atoms with Crippen LogP contribution in [0.3, 0.4) is 0 Å². The summed E-state index contributed by atoms with van der Waals surface area (Å²) in [4.78, 5) is 25.6. The van der Waals surface area contributed by atoms with Crippen LogP contribution < -0.4 is 10.2 Å². The van der Waals surface area contributed by atoms with Crippen LogP contribution in [0, 0.1) is 6.92 Å². The number of carbonyl (C=O) groups is 2. The number of carbonyl (C=O) groups excluding carboxylic acids is 1. The number of likely N-dealkylation sites (N-methyl/N-ethyl adjacent to an activating group) is 1. The zero-order valence-electron chi connectivity index (χ0n) is 17.3. The molecular formula is C18H22F3N5O5S. The smallest absolute Gasteiger partial charge is 0.475 e. The molecule has 2 fully saturated rings. The van der Waals surface area contributed by atoms with Crippen molar-refractivity contribution in [2.75, 3.05) is 38.2 Å². The number of hydrogen-bond donors (Lipinski definition) is 2. The molecule has 0 bridgehead atoms. The predicted octanol–water partition coefficient (Wildman–Crippen LogP) is 1.28. The highest BCUT2D eigenvalue weighted by Gasteiger charge is 2.50. The Hall–Kier alpha value is -2.71. The van der Waals surface area contributed by atoms with E-state index in [0.717, 1.165) is 35.5 Å². The number of alkyl halides is 3. The zero-order valence-corrected chi connectivity index (χ0v) is 18.1. The van der Waals surface area contributed by atoms with Gasteiger partial charge < -0.3 is 24.5 Å². The van der Waals surface area contributed by atoms with Crippen molar-refractivity contribution >= 4 is 28.3 Å². The molecule has 2 aliphatic rings. The van der Waals surface area contributed by atoms with E-state index in [9.17, 15) is 18.0 Å². The SMILES string of the molecule is Cc1nnc(N2CC3(C2)CN(C)C(C(=O)NCc2ccco2)CO3)s1.O=C(O)C(F)(F)F. The largest absolute Gasteiger partial charge is 0.490 e. The monoisotopic (exact) mass is 477 g/mol. The average molecular weight is 477 g/mol. The van der Waals surface area contributed by atoms with Gasteiger partial charge in [-0.15, -0.1) is 10.2 Å². The van der Waals surface area contributed by atoms with Crippen LogP contribution >= 0.6 is 11.3 Å². The van der Waals surface area contributed by atoms with Crippen molar-refractivity contribution in [1.82, 2.24) is 20.4 Å². The van der Waals surface area contributed by atoms with Crippen LogP contribution in [-0.4, -0.2) is 83.2 Å². The lowest BCUT2D eigenvalue weighted by Crippen LogP contribution is -2.72. The van der Waals surface area contributed by atoms with Gasteiger partial charge in [-0.25, -0.2) is 4.79 Å². The van der Waals surface area contributed by atoms with Gasteiger partial charge in [0.25, 0.3) is 0 Å². The third-order valence-corrected chi connectivity index (χ3v) is 5.82. The number of anilines is 1. The van der Waals surface area contributed by atoms with Crippen molar-refractivity contribution in [3.8, 4) is 0 Å². The molecule has 2 saturated heterocycles. The van der Waals surface area contributed by atoms with E-state index in [4.69, 9.17) is 19.1 Å². The fourth-order valence-corrected chi connectivity index (χ4v) is 4.05. The van der Waals surface area contributed by atoms with Crippen LogP contribution in [0.5, 0.6) is 0 Å². The number of aryl methyl sites for hydroxylation is 1. The second kappa shape index (κ2) is 9.42. The quantitative estimate of drug-likeness (QED) is 0.671. The summed E-state index contributed by atoms with van der Waals surface area (Å²) >= 11 is 1.59. The van der Waals surface area contributed by atoms with E-state index in [1.807, 2.05) is 26.1 Å². The van der Waals surface area contributed by atoms with Crippen molar-refractivity contribution in [3.05, 3.63) is 29.2 Å². The van der Waals surface area contributed by atoms with Crippen molar-refractivity contribution in [2.24, 2.45) is 0 Å². The topological polar surface area (TPSA) is 121 Å². The third kappa shape index (κ3) is 5.75. The lowest BCUT2D eigenvalue weighted by Gasteiger charge is -2.54. The Kier molecular flexibility index (Phi) is 7.05. The maximum Gasteiger partial charge on any atom is 0.490 e. The number of carboxylic acid groups (broad SMARTS) is 1. The molecule has 2 aromatic rings. The van der Waals surface area contributed by atoms with Gasteiger partial charge in [-0.05, 0) is 26.1 Å². The maximum atomic E-state index is 12.4. The number of rotatable bonds is 4. The second-order valence-corrected chi connectivity index (χ2v) is 8.64. The molecule has 1 atom stereocenters. The molecule has 0 aromatic carbocycles. The minimum Gasteiger partial charge on any atom is -0.475 e. The molecule has 1 unspecified atom stereocenters. The van der Waals surface area contributed by atoms with E-state index >= 15 is 0 Å². The first-order valence-corrected chi connectivity index (χ1v) is 10.3. The van der Waals surface area contributed by atoms with E-state index < -0.39 is 12.1 Å². The van der Waals surface area contributed by atoms with Gasteiger partial charge in [0, 0.05) is 6.54 Å². The number of amides is 1. The first-order valence-electron chi connectivity index (χ1n) is 9.48. The number of hydrogen-bond acceptors (Lipinski definition) is 9. The lowest BCUT2D eigenvalue weighted by atomic mass is 9.91. The van der Waals surface area contributed by atoms with Crippen LogP contribution in [0.1, 0.15) is 10.8 Å². The Morgan fingerprint density at radius 3 is 2.53 bits per heavy atom. The number of carboxylic acids is 1.